The molecular weight excluding hydrogens is 431 g/mol. The van der Waals surface area contributed by atoms with Gasteiger partial charge < -0.3 is 4.42 Å². The van der Waals surface area contributed by atoms with Gasteiger partial charge in [0.1, 0.15) is 11.5 Å². The lowest BCUT2D eigenvalue weighted by Gasteiger charge is -2.31. The van der Waals surface area contributed by atoms with E-state index in [1.54, 1.807) is 18.5 Å². The molecule has 1 aliphatic rings. The minimum absolute atomic E-state index is 0.131. The van der Waals surface area contributed by atoms with Crippen molar-refractivity contribution >= 4 is 10.9 Å². The van der Waals surface area contributed by atoms with Crippen LogP contribution < -0.4 is 0 Å². The first kappa shape index (κ1) is 20.7. The molecule has 2 aromatic carbocycles. The molecule has 8 heteroatoms. The third kappa shape index (κ3) is 3.97. The molecule has 1 aliphatic heterocycles. The number of benzene rings is 2. The third-order valence-electron chi connectivity index (χ3n) is 6.41. The molecule has 0 spiro atoms. The molecule has 0 amide bonds. The van der Waals surface area contributed by atoms with Gasteiger partial charge in [0.2, 0.25) is 11.8 Å². The minimum Gasteiger partial charge on any atom is -0.420 e. The molecule has 1 N–H and O–H groups in total. The van der Waals surface area contributed by atoms with Crippen LogP contribution in [0.25, 0.3) is 33.6 Å². The number of H-pyrrole nitrogens is 1. The van der Waals surface area contributed by atoms with Crippen molar-refractivity contribution in [2.45, 2.75) is 25.3 Å². The molecule has 4 heterocycles. The quantitative estimate of drug-likeness (QED) is 0.393. The standard InChI is InChI=1S/C26H23FN6O/c27-22-6-2-1-4-19(22)15-33-13-3-5-20(16-33)26-32-31-25(34-26)18-7-8-23-21(14-18)24(30-29-23)17-9-11-28-12-10-17/h1-2,4,6-12,14,20H,3,5,13,15-16H2,(H,29,30)/t20-/m1/s1. The number of aromatic amines is 1. The maximum absolute atomic E-state index is 14.1. The van der Waals surface area contributed by atoms with E-state index in [-0.39, 0.29) is 11.7 Å². The van der Waals surface area contributed by atoms with Crippen LogP contribution in [-0.2, 0) is 6.54 Å². The van der Waals surface area contributed by atoms with Gasteiger partial charge >= 0.3 is 0 Å². The monoisotopic (exact) mass is 454 g/mol. The van der Waals surface area contributed by atoms with Crippen LogP contribution in [0, 0.1) is 5.82 Å². The number of hydrogen-bond donors (Lipinski definition) is 1. The lowest BCUT2D eigenvalue weighted by molar-refractivity contribution is 0.184. The lowest BCUT2D eigenvalue weighted by atomic mass is 9.97. The van der Waals surface area contributed by atoms with Crippen LogP contribution in [0.3, 0.4) is 0 Å². The number of likely N-dealkylation sites (tertiary alicyclic amines) is 1. The average molecular weight is 455 g/mol. The van der Waals surface area contributed by atoms with Gasteiger partial charge in [-0.15, -0.1) is 10.2 Å². The summed E-state index contributed by atoms with van der Waals surface area (Å²) in [4.78, 5) is 6.35. The second-order valence-corrected chi connectivity index (χ2v) is 8.68. The van der Waals surface area contributed by atoms with Crippen molar-refractivity contribution in [2.24, 2.45) is 0 Å². The predicted octanol–water partition coefficient (Wildman–Crippen LogP) is 5.19. The zero-order valence-corrected chi connectivity index (χ0v) is 18.5. The van der Waals surface area contributed by atoms with Crippen molar-refractivity contribution < 1.29 is 8.81 Å². The largest absolute Gasteiger partial charge is 0.420 e. The Labute approximate surface area is 195 Å². The Morgan fingerprint density at radius 2 is 1.91 bits per heavy atom. The van der Waals surface area contributed by atoms with Crippen LogP contribution in [0.2, 0.25) is 0 Å². The highest BCUT2D eigenvalue weighted by atomic mass is 19.1. The highest BCUT2D eigenvalue weighted by Crippen LogP contribution is 2.32. The fourth-order valence-electron chi connectivity index (χ4n) is 4.66. The number of hydrogen-bond acceptors (Lipinski definition) is 6. The van der Waals surface area contributed by atoms with Crippen LogP contribution in [0.4, 0.5) is 4.39 Å². The van der Waals surface area contributed by atoms with Gasteiger partial charge in [0.25, 0.3) is 0 Å². The molecule has 1 fully saturated rings. The second-order valence-electron chi connectivity index (χ2n) is 8.68. The van der Waals surface area contributed by atoms with E-state index >= 15 is 0 Å². The van der Waals surface area contributed by atoms with E-state index in [1.807, 2.05) is 42.5 Å². The predicted molar refractivity (Wildman–Crippen MR) is 126 cm³/mol. The van der Waals surface area contributed by atoms with Gasteiger partial charge in [0.15, 0.2) is 0 Å². The van der Waals surface area contributed by atoms with Gasteiger partial charge in [-0.3, -0.25) is 15.0 Å². The fourth-order valence-corrected chi connectivity index (χ4v) is 4.66. The first-order valence-corrected chi connectivity index (χ1v) is 11.4. The summed E-state index contributed by atoms with van der Waals surface area (Å²) < 4.78 is 20.2. The third-order valence-corrected chi connectivity index (χ3v) is 6.41. The summed E-state index contributed by atoms with van der Waals surface area (Å²) in [7, 11) is 0. The van der Waals surface area contributed by atoms with Crippen LogP contribution in [0.15, 0.2) is 71.4 Å². The van der Waals surface area contributed by atoms with Crippen molar-refractivity contribution in [1.82, 2.24) is 30.3 Å². The maximum atomic E-state index is 14.1. The maximum Gasteiger partial charge on any atom is 0.247 e. The van der Waals surface area contributed by atoms with Crippen LogP contribution in [-0.4, -0.2) is 43.4 Å². The molecule has 3 aromatic heterocycles. The zero-order valence-electron chi connectivity index (χ0n) is 18.5. The molecule has 170 valence electrons. The number of fused-ring (bicyclic) bond motifs is 1. The Hall–Kier alpha value is -3.91. The molecule has 0 saturated carbocycles. The van der Waals surface area contributed by atoms with E-state index in [0.717, 1.165) is 53.7 Å². The van der Waals surface area contributed by atoms with E-state index < -0.39 is 0 Å². The van der Waals surface area contributed by atoms with Gasteiger partial charge in [-0.2, -0.15) is 5.10 Å². The number of aromatic nitrogens is 5. The molecule has 1 saturated heterocycles. The smallest absolute Gasteiger partial charge is 0.247 e. The summed E-state index contributed by atoms with van der Waals surface area (Å²) >= 11 is 0. The number of piperidine rings is 1. The molecule has 6 rings (SSSR count). The first-order chi connectivity index (χ1) is 16.7. The Morgan fingerprint density at radius 3 is 2.79 bits per heavy atom. The van der Waals surface area contributed by atoms with Gasteiger partial charge in [-0.1, -0.05) is 18.2 Å². The van der Waals surface area contributed by atoms with Crippen molar-refractivity contribution in [3.63, 3.8) is 0 Å². The number of rotatable bonds is 5. The summed E-state index contributed by atoms with van der Waals surface area (Å²) in [6, 6.07) is 16.8. The van der Waals surface area contributed by atoms with Crippen molar-refractivity contribution in [3.8, 4) is 22.7 Å². The SMILES string of the molecule is Fc1ccccc1CN1CCC[C@@H](c2nnc(-c3ccc4[nH]nc(-c5ccncc5)c4c3)o2)C1. The average Bonchev–Trinajstić information content (AvgIpc) is 3.54. The van der Waals surface area contributed by atoms with Crippen molar-refractivity contribution in [2.75, 3.05) is 13.1 Å². The summed E-state index contributed by atoms with van der Waals surface area (Å²) in [5.41, 5.74) is 4.35. The summed E-state index contributed by atoms with van der Waals surface area (Å²) in [5.74, 6) is 1.09. The Balaban J connectivity index is 1.23. The fraction of sp³-hybridized carbons (Fsp3) is 0.231. The molecule has 34 heavy (non-hydrogen) atoms. The normalized spacial score (nSPS) is 16.8. The van der Waals surface area contributed by atoms with E-state index in [1.165, 1.54) is 6.07 Å². The molecule has 0 unspecified atom stereocenters. The van der Waals surface area contributed by atoms with Crippen LogP contribution in [0.1, 0.15) is 30.2 Å². The van der Waals surface area contributed by atoms with Gasteiger partial charge in [0.05, 0.1) is 11.4 Å². The summed E-state index contributed by atoms with van der Waals surface area (Å²) in [5, 5.41) is 17.3. The Bertz CT molecular complexity index is 1430. The molecule has 0 bridgehead atoms. The van der Waals surface area contributed by atoms with Gasteiger partial charge in [0, 0.05) is 47.6 Å². The summed E-state index contributed by atoms with van der Waals surface area (Å²) in [6.07, 6.45) is 5.49. The number of nitrogens with one attached hydrogen (secondary N) is 1. The van der Waals surface area contributed by atoms with E-state index in [2.05, 4.69) is 30.3 Å². The number of nitrogens with zero attached hydrogens (tertiary/aromatic N) is 5. The number of pyridine rings is 1. The molecule has 0 radical (unpaired) electrons. The molecule has 5 aromatic rings. The Morgan fingerprint density at radius 1 is 1.03 bits per heavy atom. The van der Waals surface area contributed by atoms with Gasteiger partial charge in [-0.25, -0.2) is 4.39 Å². The topological polar surface area (TPSA) is 83.7 Å². The Kier molecular flexibility index (Phi) is 5.35. The van der Waals surface area contributed by atoms with Crippen LogP contribution >= 0.6 is 0 Å². The minimum atomic E-state index is -0.162. The second kappa shape index (κ2) is 8.79. The molecule has 0 aliphatic carbocycles. The van der Waals surface area contributed by atoms with Crippen molar-refractivity contribution in [3.05, 3.63) is 84.3 Å². The highest BCUT2D eigenvalue weighted by molar-refractivity contribution is 5.95. The van der Waals surface area contributed by atoms with E-state index in [0.29, 0.717) is 23.9 Å². The summed E-state index contributed by atoms with van der Waals surface area (Å²) in [6.45, 7) is 2.28. The number of halogens is 1. The van der Waals surface area contributed by atoms with E-state index in [9.17, 15) is 4.39 Å². The molecule has 7 nitrogen and oxygen atoms in total. The van der Waals surface area contributed by atoms with Crippen LogP contribution in [0.5, 0.6) is 0 Å². The van der Waals surface area contributed by atoms with Crippen molar-refractivity contribution in [1.29, 1.82) is 0 Å². The zero-order chi connectivity index (χ0) is 22.9. The highest BCUT2D eigenvalue weighted by Gasteiger charge is 2.26. The molecular formula is C26H23FN6O. The lowest BCUT2D eigenvalue weighted by Crippen LogP contribution is -2.34. The molecule has 1 atom stereocenters. The first-order valence-electron chi connectivity index (χ1n) is 11.4. The van der Waals surface area contributed by atoms with Gasteiger partial charge in [-0.05, 0) is 55.8 Å². The van der Waals surface area contributed by atoms with E-state index in [4.69, 9.17) is 4.42 Å².